The van der Waals surface area contributed by atoms with Crippen molar-refractivity contribution in [3.8, 4) is 0 Å². The van der Waals surface area contributed by atoms with E-state index in [2.05, 4.69) is 10.4 Å². The van der Waals surface area contributed by atoms with Crippen LogP contribution in [0, 0.1) is 0 Å². The number of rotatable bonds is 4. The summed E-state index contributed by atoms with van der Waals surface area (Å²) in [7, 11) is 0. The molecule has 0 fully saturated rings. The summed E-state index contributed by atoms with van der Waals surface area (Å²) in [5.74, 6) is -0.796. The minimum Gasteiger partial charge on any atom is -0.856 e. The highest BCUT2D eigenvalue weighted by Crippen LogP contribution is 2.29. The molecule has 0 saturated heterocycles. The summed E-state index contributed by atoms with van der Waals surface area (Å²) in [6.45, 7) is 0. The standard InChI is InChI=1S/C23H17Cl2N3O2/c24-18-12-7-13-19(25)17(18)14-28-21(15-8-3-1-4-9-15)20(23(30)27-28)26-22(29)16-10-5-2-6-11-16/h1-14,20-21H,(H-,26,27,29,30)/b28-14-/t20-,21-/m0/s1. The highest BCUT2D eigenvalue weighted by Gasteiger charge is 2.41. The molecule has 150 valence electrons. The molecule has 0 spiro atoms. The molecule has 5 nitrogen and oxygen atoms in total. The van der Waals surface area contributed by atoms with Crippen LogP contribution in [0.3, 0.4) is 0 Å². The highest BCUT2D eigenvalue weighted by atomic mass is 35.5. The summed E-state index contributed by atoms with van der Waals surface area (Å²) in [5.41, 5.74) is 1.84. The van der Waals surface area contributed by atoms with Gasteiger partial charge in [0, 0.05) is 11.1 Å². The van der Waals surface area contributed by atoms with Crippen molar-refractivity contribution in [3.63, 3.8) is 0 Å². The maximum atomic E-state index is 12.8. The molecule has 0 saturated carbocycles. The fourth-order valence-corrected chi connectivity index (χ4v) is 3.85. The number of amides is 1. The Morgan fingerprint density at radius 2 is 1.53 bits per heavy atom. The van der Waals surface area contributed by atoms with Crippen molar-refractivity contribution in [1.29, 1.82) is 0 Å². The van der Waals surface area contributed by atoms with Gasteiger partial charge in [-0.25, -0.2) is 0 Å². The fraction of sp³-hybridized carbons (Fsp3) is 0.0870. The van der Waals surface area contributed by atoms with Crippen LogP contribution >= 0.6 is 23.2 Å². The van der Waals surface area contributed by atoms with Gasteiger partial charge < -0.3 is 10.4 Å². The van der Waals surface area contributed by atoms with E-state index < -0.39 is 18.0 Å². The lowest BCUT2D eigenvalue weighted by Crippen LogP contribution is -2.47. The molecule has 30 heavy (non-hydrogen) atoms. The van der Waals surface area contributed by atoms with E-state index in [1.807, 2.05) is 36.4 Å². The normalized spacial score (nSPS) is 19.5. The number of carbonyl (C=O) groups excluding carboxylic acids is 1. The number of hydrazone groups is 1. The first-order valence-electron chi connectivity index (χ1n) is 9.28. The smallest absolute Gasteiger partial charge is 0.252 e. The van der Waals surface area contributed by atoms with Gasteiger partial charge in [0.25, 0.3) is 5.91 Å². The zero-order valence-corrected chi connectivity index (χ0v) is 17.2. The average molecular weight is 438 g/mol. The SMILES string of the molecule is O=C(N[C@@H]1C([O-])=N/[N+](=C\c2c(Cl)cccc2Cl)[C@H]1c1ccccc1)c1ccccc1. The molecule has 0 aliphatic carbocycles. The number of nitrogens with one attached hydrogen (secondary N) is 1. The van der Waals surface area contributed by atoms with Gasteiger partial charge in [-0.1, -0.05) is 82.5 Å². The van der Waals surface area contributed by atoms with E-state index in [4.69, 9.17) is 23.2 Å². The molecular weight excluding hydrogens is 421 g/mol. The van der Waals surface area contributed by atoms with Crippen LogP contribution in [-0.4, -0.2) is 28.7 Å². The third-order valence-corrected chi connectivity index (χ3v) is 5.46. The number of halogens is 2. The van der Waals surface area contributed by atoms with Crippen molar-refractivity contribution < 1.29 is 14.6 Å². The van der Waals surface area contributed by atoms with Crippen LogP contribution in [-0.2, 0) is 0 Å². The summed E-state index contributed by atoms with van der Waals surface area (Å²) >= 11 is 12.6. The van der Waals surface area contributed by atoms with Crippen molar-refractivity contribution >= 4 is 41.2 Å². The Labute approximate surface area is 183 Å². The lowest BCUT2D eigenvalue weighted by Gasteiger charge is -2.20. The molecule has 7 heteroatoms. The van der Waals surface area contributed by atoms with Crippen molar-refractivity contribution in [2.24, 2.45) is 5.10 Å². The van der Waals surface area contributed by atoms with Crippen LogP contribution in [0.4, 0.5) is 0 Å². The van der Waals surface area contributed by atoms with Gasteiger partial charge in [-0.2, -0.15) is 0 Å². The molecule has 2 atom stereocenters. The van der Waals surface area contributed by atoms with Gasteiger partial charge in [-0.3, -0.25) is 4.79 Å². The number of nitrogens with zero attached hydrogens (tertiary/aromatic N) is 2. The summed E-state index contributed by atoms with van der Waals surface area (Å²) < 4.78 is 1.51. The molecule has 0 bridgehead atoms. The molecule has 1 heterocycles. The van der Waals surface area contributed by atoms with Crippen molar-refractivity contribution in [1.82, 2.24) is 5.32 Å². The van der Waals surface area contributed by atoms with E-state index in [1.54, 1.807) is 48.7 Å². The summed E-state index contributed by atoms with van der Waals surface area (Å²) in [6, 6.07) is 21.9. The molecule has 0 radical (unpaired) electrons. The molecule has 1 amide bonds. The van der Waals surface area contributed by atoms with E-state index in [0.717, 1.165) is 5.56 Å². The van der Waals surface area contributed by atoms with Crippen LogP contribution in [0.2, 0.25) is 10.0 Å². The van der Waals surface area contributed by atoms with E-state index in [9.17, 15) is 9.90 Å². The summed E-state index contributed by atoms with van der Waals surface area (Å²) in [5, 5.41) is 20.7. The summed E-state index contributed by atoms with van der Waals surface area (Å²) in [6.07, 6.45) is 1.63. The van der Waals surface area contributed by atoms with Gasteiger partial charge in [0.2, 0.25) is 12.3 Å². The topological polar surface area (TPSA) is 67.5 Å². The van der Waals surface area contributed by atoms with Gasteiger partial charge in [0.1, 0.15) is 6.04 Å². The first-order chi connectivity index (χ1) is 14.5. The Hall–Kier alpha value is -3.15. The maximum Gasteiger partial charge on any atom is 0.252 e. The Kier molecular flexibility index (Phi) is 5.84. The predicted molar refractivity (Wildman–Crippen MR) is 116 cm³/mol. The summed E-state index contributed by atoms with van der Waals surface area (Å²) in [4.78, 5) is 12.7. The molecular formula is C23H17Cl2N3O2. The van der Waals surface area contributed by atoms with Crippen molar-refractivity contribution in [2.75, 3.05) is 0 Å². The van der Waals surface area contributed by atoms with Crippen LogP contribution in [0.15, 0.2) is 84.0 Å². The average Bonchev–Trinajstić information content (AvgIpc) is 3.07. The number of hydrogen-bond acceptors (Lipinski definition) is 3. The van der Waals surface area contributed by atoms with E-state index >= 15 is 0 Å². The monoisotopic (exact) mass is 437 g/mol. The van der Waals surface area contributed by atoms with Gasteiger partial charge in [0.05, 0.1) is 21.5 Å². The third-order valence-electron chi connectivity index (χ3n) is 4.81. The van der Waals surface area contributed by atoms with Crippen LogP contribution in [0.1, 0.15) is 27.5 Å². The Balaban J connectivity index is 1.75. The highest BCUT2D eigenvalue weighted by molar-refractivity contribution is 6.38. The minimum absolute atomic E-state index is 0.345. The van der Waals surface area contributed by atoms with E-state index in [1.165, 1.54) is 4.68 Å². The second-order valence-electron chi connectivity index (χ2n) is 6.76. The van der Waals surface area contributed by atoms with E-state index in [-0.39, 0.29) is 5.91 Å². The van der Waals surface area contributed by atoms with Gasteiger partial charge in [0.15, 0.2) is 0 Å². The molecule has 1 aliphatic rings. The van der Waals surface area contributed by atoms with Crippen molar-refractivity contribution in [3.05, 3.63) is 106 Å². The van der Waals surface area contributed by atoms with Crippen LogP contribution in [0.25, 0.3) is 0 Å². The first kappa shape index (κ1) is 20.1. The van der Waals surface area contributed by atoms with Crippen LogP contribution < -0.4 is 10.4 Å². The zero-order chi connectivity index (χ0) is 21.1. The quantitative estimate of drug-likeness (QED) is 0.632. The van der Waals surface area contributed by atoms with Crippen LogP contribution in [0.5, 0.6) is 0 Å². The molecule has 0 aromatic heterocycles. The first-order valence-corrected chi connectivity index (χ1v) is 10.0. The Morgan fingerprint density at radius 3 is 2.17 bits per heavy atom. The Bertz CT molecular complexity index is 1110. The second-order valence-corrected chi connectivity index (χ2v) is 7.57. The lowest BCUT2D eigenvalue weighted by atomic mass is 9.99. The third kappa shape index (κ3) is 4.08. The minimum atomic E-state index is -0.863. The van der Waals surface area contributed by atoms with Gasteiger partial charge in [-0.05, 0) is 29.4 Å². The largest absolute Gasteiger partial charge is 0.856 e. The number of hydrogen-bond donors (Lipinski definition) is 1. The molecule has 3 aromatic rings. The zero-order valence-electron chi connectivity index (χ0n) is 15.7. The number of benzene rings is 3. The van der Waals surface area contributed by atoms with Gasteiger partial charge >= 0.3 is 0 Å². The lowest BCUT2D eigenvalue weighted by molar-refractivity contribution is -0.565. The molecule has 4 rings (SSSR count). The molecule has 1 aliphatic heterocycles. The molecule has 0 unspecified atom stereocenters. The molecule has 1 N–H and O–H groups in total. The fourth-order valence-electron chi connectivity index (χ4n) is 3.35. The van der Waals surface area contributed by atoms with Gasteiger partial charge in [-0.15, -0.1) is 0 Å². The number of carbonyl (C=O) groups is 1. The maximum absolute atomic E-state index is 12.8. The van der Waals surface area contributed by atoms with Crippen molar-refractivity contribution in [2.45, 2.75) is 12.1 Å². The molecule has 3 aromatic carbocycles. The second kappa shape index (κ2) is 8.69. The predicted octanol–water partition coefficient (Wildman–Crippen LogP) is 3.65. The Morgan fingerprint density at radius 1 is 0.933 bits per heavy atom. The van der Waals surface area contributed by atoms with E-state index in [0.29, 0.717) is 21.2 Å².